The van der Waals surface area contributed by atoms with E-state index < -0.39 is 0 Å². The maximum Gasteiger partial charge on any atom is 0.409 e. The Bertz CT molecular complexity index is 987. The van der Waals surface area contributed by atoms with Crippen LogP contribution in [0, 0.1) is 0 Å². The van der Waals surface area contributed by atoms with Gasteiger partial charge in [0.25, 0.3) is 0 Å². The molecule has 1 aromatic heterocycles. The van der Waals surface area contributed by atoms with E-state index in [1.807, 2.05) is 48.5 Å². The molecule has 1 fully saturated rings. The maximum atomic E-state index is 11.7. The highest BCUT2D eigenvalue weighted by Crippen LogP contribution is 2.31. The number of piperazine rings is 1. The van der Waals surface area contributed by atoms with Gasteiger partial charge < -0.3 is 14.5 Å². The van der Waals surface area contributed by atoms with E-state index in [4.69, 9.17) is 26.3 Å². The number of hydrogen-bond donors (Lipinski definition) is 0. The van der Waals surface area contributed by atoms with Crippen molar-refractivity contribution >= 4 is 34.4 Å². The number of anilines is 1. The topological polar surface area (TPSA) is 58.6 Å². The van der Waals surface area contributed by atoms with E-state index in [-0.39, 0.29) is 6.09 Å². The third kappa shape index (κ3) is 3.40. The molecule has 0 N–H and O–H groups in total. The molecule has 4 rings (SSSR count). The molecule has 0 bridgehead atoms. The molecule has 1 aliphatic rings. The largest absolute Gasteiger partial charge is 0.453 e. The maximum absolute atomic E-state index is 11.7. The number of carbonyl (C=O) groups excluding carboxylic acids is 1. The summed E-state index contributed by atoms with van der Waals surface area (Å²) in [5, 5.41) is 1.61. The molecule has 7 heteroatoms. The summed E-state index contributed by atoms with van der Waals surface area (Å²) in [4.78, 5) is 25.2. The number of fused-ring (bicyclic) bond motifs is 1. The minimum atomic E-state index is -0.293. The van der Waals surface area contributed by atoms with Crippen molar-refractivity contribution in [3.8, 4) is 11.4 Å². The predicted molar refractivity (Wildman–Crippen MR) is 106 cm³/mol. The summed E-state index contributed by atoms with van der Waals surface area (Å²) in [6.07, 6.45) is -0.293. The molecule has 1 saturated heterocycles. The number of carbonyl (C=O) groups is 1. The predicted octanol–water partition coefficient (Wildman–Crippen LogP) is 3.84. The van der Waals surface area contributed by atoms with Gasteiger partial charge in [0, 0.05) is 37.1 Å². The molecule has 0 unspecified atom stereocenters. The molecule has 2 heterocycles. The second-order valence-electron chi connectivity index (χ2n) is 6.31. The highest BCUT2D eigenvalue weighted by atomic mass is 35.5. The Morgan fingerprint density at radius 1 is 1.00 bits per heavy atom. The Hall–Kier alpha value is -2.86. The summed E-state index contributed by atoms with van der Waals surface area (Å²) in [6.45, 7) is 2.54. The smallest absolute Gasteiger partial charge is 0.409 e. The molecular weight excluding hydrogens is 364 g/mol. The van der Waals surface area contributed by atoms with Crippen molar-refractivity contribution in [2.24, 2.45) is 0 Å². The summed E-state index contributed by atoms with van der Waals surface area (Å²) in [5.41, 5.74) is 1.67. The van der Waals surface area contributed by atoms with Crippen molar-refractivity contribution in [3.63, 3.8) is 0 Å². The van der Waals surface area contributed by atoms with Gasteiger partial charge in [-0.1, -0.05) is 35.9 Å². The number of halogens is 1. The van der Waals surface area contributed by atoms with Gasteiger partial charge in [0.2, 0.25) is 0 Å². The van der Waals surface area contributed by atoms with Crippen molar-refractivity contribution in [2.75, 3.05) is 38.2 Å². The molecule has 1 amide bonds. The highest BCUT2D eigenvalue weighted by molar-refractivity contribution is 6.33. The van der Waals surface area contributed by atoms with Gasteiger partial charge >= 0.3 is 6.09 Å². The van der Waals surface area contributed by atoms with Gasteiger partial charge in [0.15, 0.2) is 5.82 Å². The molecule has 0 spiro atoms. The summed E-state index contributed by atoms with van der Waals surface area (Å²) < 4.78 is 4.82. The fourth-order valence-electron chi connectivity index (χ4n) is 3.29. The van der Waals surface area contributed by atoms with Crippen LogP contribution in [-0.4, -0.2) is 54.2 Å². The average Bonchev–Trinajstić information content (AvgIpc) is 2.73. The van der Waals surface area contributed by atoms with Crippen molar-refractivity contribution in [1.29, 1.82) is 0 Å². The number of ether oxygens (including phenoxy) is 1. The number of para-hydroxylation sites is 1. The molecule has 0 aliphatic carbocycles. The van der Waals surface area contributed by atoms with E-state index in [0.29, 0.717) is 37.0 Å². The van der Waals surface area contributed by atoms with E-state index in [1.54, 1.807) is 4.90 Å². The van der Waals surface area contributed by atoms with Gasteiger partial charge in [-0.3, -0.25) is 0 Å². The van der Waals surface area contributed by atoms with E-state index in [9.17, 15) is 4.79 Å². The number of hydrogen-bond acceptors (Lipinski definition) is 5. The Morgan fingerprint density at radius 3 is 2.44 bits per heavy atom. The summed E-state index contributed by atoms with van der Waals surface area (Å²) in [5.74, 6) is 1.46. The zero-order valence-corrected chi connectivity index (χ0v) is 15.7. The lowest BCUT2D eigenvalue weighted by atomic mass is 10.1. The first-order valence-corrected chi connectivity index (χ1v) is 9.14. The fourth-order valence-corrected chi connectivity index (χ4v) is 3.51. The first kappa shape index (κ1) is 17.5. The van der Waals surface area contributed by atoms with Crippen LogP contribution in [0.1, 0.15) is 0 Å². The van der Waals surface area contributed by atoms with Crippen LogP contribution < -0.4 is 4.90 Å². The number of nitrogens with zero attached hydrogens (tertiary/aromatic N) is 4. The van der Waals surface area contributed by atoms with Crippen LogP contribution in [0.15, 0.2) is 48.5 Å². The molecular formula is C20H19ClN4O2. The van der Waals surface area contributed by atoms with Crippen LogP contribution in [0.5, 0.6) is 0 Å². The lowest BCUT2D eigenvalue weighted by Crippen LogP contribution is -2.49. The molecule has 0 atom stereocenters. The van der Waals surface area contributed by atoms with Crippen molar-refractivity contribution in [1.82, 2.24) is 14.9 Å². The van der Waals surface area contributed by atoms with Crippen LogP contribution in [0.4, 0.5) is 10.6 Å². The Kier molecular flexibility index (Phi) is 4.81. The lowest BCUT2D eigenvalue weighted by molar-refractivity contribution is 0.121. The van der Waals surface area contributed by atoms with Crippen LogP contribution >= 0.6 is 11.6 Å². The molecule has 27 heavy (non-hydrogen) atoms. The first-order valence-electron chi connectivity index (χ1n) is 8.77. The second-order valence-corrected chi connectivity index (χ2v) is 6.72. The fraction of sp³-hybridized carbons (Fsp3) is 0.250. The number of rotatable bonds is 2. The summed E-state index contributed by atoms with van der Waals surface area (Å²) in [7, 11) is 1.41. The quantitative estimate of drug-likeness (QED) is 0.674. The van der Waals surface area contributed by atoms with Gasteiger partial charge in [-0.15, -0.1) is 0 Å². The molecule has 2 aromatic carbocycles. The third-order valence-corrected chi connectivity index (χ3v) is 5.04. The number of benzene rings is 2. The van der Waals surface area contributed by atoms with Gasteiger partial charge in [-0.2, -0.15) is 0 Å². The van der Waals surface area contributed by atoms with Crippen molar-refractivity contribution in [2.45, 2.75) is 0 Å². The van der Waals surface area contributed by atoms with Crippen molar-refractivity contribution < 1.29 is 9.53 Å². The number of methoxy groups -OCH3 is 1. The van der Waals surface area contributed by atoms with Gasteiger partial charge in [-0.25, -0.2) is 14.8 Å². The van der Waals surface area contributed by atoms with Gasteiger partial charge in [-0.05, 0) is 24.3 Å². The number of aromatic nitrogens is 2. The van der Waals surface area contributed by atoms with Crippen LogP contribution in [0.3, 0.4) is 0 Å². The van der Waals surface area contributed by atoms with Crippen LogP contribution in [0.25, 0.3) is 22.3 Å². The van der Waals surface area contributed by atoms with Crippen LogP contribution in [-0.2, 0) is 4.74 Å². The normalized spacial score (nSPS) is 14.4. The number of amides is 1. The third-order valence-electron chi connectivity index (χ3n) is 4.71. The van der Waals surface area contributed by atoms with E-state index in [0.717, 1.165) is 22.3 Å². The highest BCUT2D eigenvalue weighted by Gasteiger charge is 2.24. The van der Waals surface area contributed by atoms with E-state index in [2.05, 4.69) is 4.90 Å². The zero-order valence-electron chi connectivity index (χ0n) is 14.9. The summed E-state index contributed by atoms with van der Waals surface area (Å²) in [6, 6.07) is 15.5. The van der Waals surface area contributed by atoms with Crippen molar-refractivity contribution in [3.05, 3.63) is 53.6 Å². The zero-order chi connectivity index (χ0) is 18.8. The first-order chi connectivity index (χ1) is 13.2. The Balaban J connectivity index is 1.74. The van der Waals surface area contributed by atoms with Gasteiger partial charge in [0.1, 0.15) is 5.82 Å². The van der Waals surface area contributed by atoms with E-state index >= 15 is 0 Å². The summed E-state index contributed by atoms with van der Waals surface area (Å²) >= 11 is 6.37. The average molecular weight is 383 g/mol. The molecule has 138 valence electrons. The lowest BCUT2D eigenvalue weighted by Gasteiger charge is -2.35. The Labute approximate surface area is 162 Å². The molecule has 3 aromatic rings. The second kappa shape index (κ2) is 7.40. The SMILES string of the molecule is COC(=O)N1CCN(c2nc(-c3ccccc3Cl)nc3ccccc23)CC1. The van der Waals surface area contributed by atoms with Gasteiger partial charge in [0.05, 0.1) is 17.6 Å². The molecule has 1 aliphatic heterocycles. The standard InChI is InChI=1S/C20H19ClN4O2/c1-27-20(26)25-12-10-24(11-13-25)19-15-7-3-5-9-17(15)22-18(23-19)14-6-2-4-8-16(14)21/h2-9H,10-13H2,1H3. The van der Waals surface area contributed by atoms with E-state index in [1.165, 1.54) is 7.11 Å². The van der Waals surface area contributed by atoms with Crippen LogP contribution in [0.2, 0.25) is 5.02 Å². The minimum absolute atomic E-state index is 0.293. The molecule has 0 radical (unpaired) electrons. The molecule has 6 nitrogen and oxygen atoms in total. The Morgan fingerprint density at radius 2 is 1.70 bits per heavy atom. The monoisotopic (exact) mass is 382 g/mol. The molecule has 0 saturated carbocycles. The minimum Gasteiger partial charge on any atom is -0.453 e.